The molecule has 1 saturated carbocycles. The molecule has 0 saturated heterocycles. The van der Waals surface area contributed by atoms with Gasteiger partial charge in [0.1, 0.15) is 18.7 Å². The van der Waals surface area contributed by atoms with Crippen molar-refractivity contribution in [3.63, 3.8) is 0 Å². The fourth-order valence-corrected chi connectivity index (χ4v) is 2.94. The molecule has 140 valence electrons. The summed E-state index contributed by atoms with van der Waals surface area (Å²) in [6.45, 7) is -1.99. The third-order valence-electron chi connectivity index (χ3n) is 4.21. The first-order valence-corrected chi connectivity index (χ1v) is 7.93. The number of nitrogens with zero attached hydrogens (tertiary/aromatic N) is 2. The van der Waals surface area contributed by atoms with Crippen LogP contribution in [0.25, 0.3) is 0 Å². The van der Waals surface area contributed by atoms with E-state index >= 15 is 0 Å². The second kappa shape index (κ2) is 6.50. The SMILES string of the molecule is O=C([O-])N[C@H]1CN(C(=O)C2CC2)c2ccccc2N(CC(F)(F)F)C1=O. The molecule has 1 atom stereocenters. The Morgan fingerprint density at radius 3 is 2.35 bits per heavy atom. The average Bonchev–Trinajstić information content (AvgIpc) is 3.39. The molecule has 7 nitrogen and oxygen atoms in total. The minimum atomic E-state index is -4.70. The number of para-hydroxylation sites is 2. The number of rotatable bonds is 3. The standard InChI is InChI=1S/C16H16F3N3O4/c17-16(18,19)8-22-12-4-2-1-3-11(12)21(13(23)9-5-6-9)7-10(14(22)24)20-15(25)26/h1-4,9-10,20H,5-8H2,(H,25,26)/p-1/t10-/m0/s1. The Balaban J connectivity index is 2.07. The number of hydrogen-bond acceptors (Lipinski definition) is 4. The summed E-state index contributed by atoms with van der Waals surface area (Å²) in [5.74, 6) is -1.70. The number of carbonyl (C=O) groups is 3. The maximum atomic E-state index is 13.0. The summed E-state index contributed by atoms with van der Waals surface area (Å²) in [6.07, 6.45) is -5.21. The lowest BCUT2D eigenvalue weighted by Gasteiger charge is -2.26. The van der Waals surface area contributed by atoms with Crippen LogP contribution in [-0.2, 0) is 9.59 Å². The Labute approximate surface area is 146 Å². The van der Waals surface area contributed by atoms with Crippen molar-refractivity contribution in [2.45, 2.75) is 25.1 Å². The van der Waals surface area contributed by atoms with Gasteiger partial charge in [0.2, 0.25) is 5.91 Å². The number of nitrogens with one attached hydrogen (secondary N) is 1. The van der Waals surface area contributed by atoms with Gasteiger partial charge in [0.05, 0.1) is 17.9 Å². The normalized spacial score (nSPS) is 20.4. The van der Waals surface area contributed by atoms with Crippen LogP contribution in [-0.4, -0.2) is 43.2 Å². The first-order chi connectivity index (χ1) is 12.2. The van der Waals surface area contributed by atoms with Gasteiger partial charge >= 0.3 is 6.18 Å². The van der Waals surface area contributed by atoms with Gasteiger partial charge < -0.3 is 20.1 Å². The summed E-state index contributed by atoms with van der Waals surface area (Å²) in [4.78, 5) is 37.7. The molecule has 1 aromatic carbocycles. The number of halogens is 3. The predicted molar refractivity (Wildman–Crippen MR) is 82.2 cm³/mol. The average molecular weight is 370 g/mol. The fourth-order valence-electron chi connectivity index (χ4n) is 2.94. The lowest BCUT2D eigenvalue weighted by atomic mass is 10.2. The number of fused-ring (bicyclic) bond motifs is 1. The van der Waals surface area contributed by atoms with Crippen molar-refractivity contribution in [1.82, 2.24) is 5.32 Å². The van der Waals surface area contributed by atoms with E-state index in [1.54, 1.807) is 0 Å². The third kappa shape index (κ3) is 3.73. The molecule has 0 unspecified atom stereocenters. The summed E-state index contributed by atoms with van der Waals surface area (Å²) in [6, 6.07) is 4.16. The van der Waals surface area contributed by atoms with Gasteiger partial charge in [-0.15, -0.1) is 0 Å². The number of carbonyl (C=O) groups excluding carboxylic acids is 3. The number of amides is 3. The molecule has 2 aliphatic rings. The minimum Gasteiger partial charge on any atom is -0.530 e. The number of hydrogen-bond donors (Lipinski definition) is 1. The van der Waals surface area contributed by atoms with E-state index in [0.717, 1.165) is 0 Å². The molecule has 1 heterocycles. The first kappa shape index (κ1) is 18.0. The van der Waals surface area contributed by atoms with E-state index in [-0.39, 0.29) is 23.2 Å². The van der Waals surface area contributed by atoms with E-state index in [1.807, 2.05) is 5.32 Å². The summed E-state index contributed by atoms with van der Waals surface area (Å²) in [5.41, 5.74) is 0.0520. The summed E-state index contributed by atoms with van der Waals surface area (Å²) in [5, 5.41) is 12.7. The van der Waals surface area contributed by atoms with Gasteiger partial charge in [-0.3, -0.25) is 14.5 Å². The van der Waals surface area contributed by atoms with Crippen LogP contribution in [0.4, 0.5) is 29.3 Å². The molecular formula is C16H15F3N3O4-. The van der Waals surface area contributed by atoms with Crippen LogP contribution in [0.15, 0.2) is 24.3 Å². The molecule has 1 aromatic rings. The minimum absolute atomic E-state index is 0.0912. The quantitative estimate of drug-likeness (QED) is 0.845. The zero-order valence-corrected chi connectivity index (χ0v) is 13.5. The molecule has 1 N–H and O–H groups in total. The smallest absolute Gasteiger partial charge is 0.406 e. The molecule has 0 aromatic heterocycles. The van der Waals surface area contributed by atoms with Crippen LogP contribution in [0.2, 0.25) is 0 Å². The second-order valence-electron chi connectivity index (χ2n) is 6.24. The van der Waals surface area contributed by atoms with Crippen molar-refractivity contribution in [2.75, 3.05) is 22.9 Å². The lowest BCUT2D eigenvalue weighted by molar-refractivity contribution is -0.251. The van der Waals surface area contributed by atoms with Crippen molar-refractivity contribution in [3.8, 4) is 0 Å². The number of alkyl halides is 3. The molecule has 3 rings (SSSR count). The molecule has 0 spiro atoms. The van der Waals surface area contributed by atoms with Gasteiger partial charge in [-0.2, -0.15) is 13.2 Å². The van der Waals surface area contributed by atoms with Crippen LogP contribution >= 0.6 is 0 Å². The van der Waals surface area contributed by atoms with E-state index in [1.165, 1.54) is 29.2 Å². The first-order valence-electron chi connectivity index (χ1n) is 7.93. The number of carboxylic acid groups (broad SMARTS) is 1. The molecule has 26 heavy (non-hydrogen) atoms. The van der Waals surface area contributed by atoms with Gasteiger partial charge in [0.15, 0.2) is 0 Å². The van der Waals surface area contributed by atoms with Crippen molar-refractivity contribution in [2.24, 2.45) is 5.92 Å². The van der Waals surface area contributed by atoms with Crippen molar-refractivity contribution in [1.29, 1.82) is 0 Å². The highest BCUT2D eigenvalue weighted by Crippen LogP contribution is 2.39. The molecule has 1 fully saturated rings. The van der Waals surface area contributed by atoms with Crippen molar-refractivity contribution >= 4 is 29.3 Å². The maximum Gasteiger partial charge on any atom is 0.406 e. The highest BCUT2D eigenvalue weighted by atomic mass is 19.4. The fraction of sp³-hybridized carbons (Fsp3) is 0.438. The topological polar surface area (TPSA) is 92.8 Å². The summed E-state index contributed by atoms with van der Waals surface area (Å²) in [7, 11) is 0. The van der Waals surface area contributed by atoms with Crippen LogP contribution in [0.5, 0.6) is 0 Å². The molecule has 3 amide bonds. The third-order valence-corrected chi connectivity index (χ3v) is 4.21. The summed E-state index contributed by atoms with van der Waals surface area (Å²) < 4.78 is 39.0. The van der Waals surface area contributed by atoms with Crippen LogP contribution < -0.4 is 20.2 Å². The van der Waals surface area contributed by atoms with E-state index in [2.05, 4.69) is 0 Å². The Bertz CT molecular complexity index is 749. The zero-order chi connectivity index (χ0) is 19.1. The highest BCUT2D eigenvalue weighted by Gasteiger charge is 2.43. The van der Waals surface area contributed by atoms with Crippen molar-refractivity contribution < 1.29 is 32.7 Å². The zero-order valence-electron chi connectivity index (χ0n) is 13.5. The predicted octanol–water partition coefficient (Wildman–Crippen LogP) is 0.640. The van der Waals surface area contributed by atoms with Gasteiger partial charge in [-0.1, -0.05) is 12.1 Å². The molecular weight excluding hydrogens is 355 g/mol. The molecule has 10 heteroatoms. The van der Waals surface area contributed by atoms with E-state index < -0.39 is 37.3 Å². The maximum absolute atomic E-state index is 13.0. The lowest BCUT2D eigenvalue weighted by Crippen LogP contribution is -2.56. The molecule has 1 aliphatic heterocycles. The Kier molecular flexibility index (Phi) is 4.51. The van der Waals surface area contributed by atoms with Gasteiger partial charge in [-0.05, 0) is 25.0 Å². The molecule has 0 bridgehead atoms. The van der Waals surface area contributed by atoms with Gasteiger partial charge in [0.25, 0.3) is 5.91 Å². The van der Waals surface area contributed by atoms with Crippen LogP contribution in [0.3, 0.4) is 0 Å². The Morgan fingerprint density at radius 1 is 1.19 bits per heavy atom. The van der Waals surface area contributed by atoms with Gasteiger partial charge in [0, 0.05) is 5.92 Å². The monoisotopic (exact) mass is 370 g/mol. The van der Waals surface area contributed by atoms with Gasteiger partial charge in [-0.25, -0.2) is 0 Å². The largest absolute Gasteiger partial charge is 0.530 e. The molecule has 1 aliphatic carbocycles. The second-order valence-corrected chi connectivity index (χ2v) is 6.24. The van der Waals surface area contributed by atoms with Crippen LogP contribution in [0.1, 0.15) is 12.8 Å². The van der Waals surface area contributed by atoms with E-state index in [0.29, 0.717) is 17.7 Å². The molecule has 0 radical (unpaired) electrons. The summed E-state index contributed by atoms with van der Waals surface area (Å²) >= 11 is 0. The van der Waals surface area contributed by atoms with E-state index in [4.69, 9.17) is 0 Å². The Hall–Kier alpha value is -2.78. The van der Waals surface area contributed by atoms with Crippen LogP contribution in [0, 0.1) is 5.92 Å². The van der Waals surface area contributed by atoms with E-state index in [9.17, 15) is 32.7 Å². The Morgan fingerprint density at radius 2 is 1.81 bits per heavy atom. The number of anilines is 2. The van der Waals surface area contributed by atoms with Crippen molar-refractivity contribution in [3.05, 3.63) is 24.3 Å². The number of benzene rings is 1. The highest BCUT2D eigenvalue weighted by molar-refractivity contribution is 6.08.